The van der Waals surface area contributed by atoms with E-state index in [1.807, 2.05) is 25.1 Å². The van der Waals surface area contributed by atoms with E-state index < -0.39 is 10.0 Å². The molecule has 1 fully saturated rings. The minimum absolute atomic E-state index is 0.233. The van der Waals surface area contributed by atoms with Gasteiger partial charge in [-0.25, -0.2) is 8.42 Å². The lowest BCUT2D eigenvalue weighted by Crippen LogP contribution is -2.29. The fourth-order valence-corrected chi connectivity index (χ4v) is 5.63. The highest BCUT2D eigenvalue weighted by atomic mass is 32.2. The zero-order chi connectivity index (χ0) is 18.3. The van der Waals surface area contributed by atoms with E-state index in [0.29, 0.717) is 12.3 Å². The molecular weight excluding hydrogens is 348 g/mol. The highest BCUT2D eigenvalue weighted by molar-refractivity contribution is 7.93. The molecule has 1 saturated heterocycles. The van der Waals surface area contributed by atoms with Crippen LogP contribution < -0.4 is 13.9 Å². The molecule has 2 heterocycles. The van der Waals surface area contributed by atoms with Gasteiger partial charge in [-0.05, 0) is 67.6 Å². The molecule has 5 nitrogen and oxygen atoms in total. The molecule has 26 heavy (non-hydrogen) atoms. The molecule has 2 aliphatic rings. The highest BCUT2D eigenvalue weighted by Crippen LogP contribution is 2.38. The molecule has 0 amide bonds. The Morgan fingerprint density at radius 1 is 1.00 bits per heavy atom. The Hall–Kier alpha value is -2.21. The molecule has 0 aromatic heterocycles. The van der Waals surface area contributed by atoms with Crippen molar-refractivity contribution in [2.75, 3.05) is 35.9 Å². The first-order valence-corrected chi connectivity index (χ1v) is 10.5. The van der Waals surface area contributed by atoms with Crippen LogP contribution in [-0.2, 0) is 16.4 Å². The summed E-state index contributed by atoms with van der Waals surface area (Å²) in [5.74, 6) is 0.387. The first-order valence-electron chi connectivity index (χ1n) is 9.06. The lowest BCUT2D eigenvalue weighted by Gasteiger charge is -2.22. The van der Waals surface area contributed by atoms with Crippen molar-refractivity contribution in [3.8, 4) is 5.75 Å². The Morgan fingerprint density at radius 3 is 2.50 bits per heavy atom. The number of fused-ring (bicyclic) bond motifs is 1. The van der Waals surface area contributed by atoms with Crippen molar-refractivity contribution < 1.29 is 13.2 Å². The van der Waals surface area contributed by atoms with Crippen LogP contribution in [0.1, 0.15) is 24.0 Å². The second kappa shape index (κ2) is 6.50. The van der Waals surface area contributed by atoms with E-state index in [2.05, 4.69) is 11.0 Å². The maximum absolute atomic E-state index is 13.3. The number of sulfonamides is 1. The van der Waals surface area contributed by atoms with Crippen molar-refractivity contribution in [1.82, 2.24) is 0 Å². The number of benzene rings is 2. The summed E-state index contributed by atoms with van der Waals surface area (Å²) in [4.78, 5) is 2.61. The molecule has 0 atom stereocenters. The van der Waals surface area contributed by atoms with Crippen LogP contribution in [0.25, 0.3) is 0 Å². The molecule has 138 valence electrons. The van der Waals surface area contributed by atoms with Crippen LogP contribution in [0.3, 0.4) is 0 Å². The number of methoxy groups -OCH3 is 1. The van der Waals surface area contributed by atoms with Gasteiger partial charge in [0.05, 0.1) is 12.8 Å². The van der Waals surface area contributed by atoms with Gasteiger partial charge in [0.1, 0.15) is 10.6 Å². The normalized spacial score (nSPS) is 16.8. The van der Waals surface area contributed by atoms with Gasteiger partial charge in [-0.2, -0.15) is 0 Å². The van der Waals surface area contributed by atoms with Crippen LogP contribution in [0.2, 0.25) is 0 Å². The Bertz CT molecular complexity index is 934. The van der Waals surface area contributed by atoms with E-state index in [1.165, 1.54) is 29.9 Å². The molecule has 0 saturated carbocycles. The van der Waals surface area contributed by atoms with Crippen molar-refractivity contribution >= 4 is 21.4 Å². The maximum atomic E-state index is 13.3. The topological polar surface area (TPSA) is 49.9 Å². The second-order valence-electron chi connectivity index (χ2n) is 6.99. The van der Waals surface area contributed by atoms with E-state index in [9.17, 15) is 8.42 Å². The molecule has 0 aliphatic carbocycles. The van der Waals surface area contributed by atoms with Crippen molar-refractivity contribution in [3.05, 3.63) is 47.5 Å². The van der Waals surface area contributed by atoms with Crippen molar-refractivity contribution in [2.24, 2.45) is 0 Å². The van der Waals surface area contributed by atoms with Crippen LogP contribution in [-0.4, -0.2) is 35.2 Å². The predicted octanol–water partition coefficient (Wildman–Crippen LogP) is 3.36. The molecule has 6 heteroatoms. The smallest absolute Gasteiger partial charge is 0.268 e. The van der Waals surface area contributed by atoms with Gasteiger partial charge < -0.3 is 9.64 Å². The molecule has 4 rings (SSSR count). The average Bonchev–Trinajstić information content (AvgIpc) is 3.31. The van der Waals surface area contributed by atoms with Crippen molar-refractivity contribution in [3.63, 3.8) is 0 Å². The zero-order valence-electron chi connectivity index (χ0n) is 15.2. The molecule has 0 radical (unpaired) electrons. The summed E-state index contributed by atoms with van der Waals surface area (Å²) in [7, 11) is -2.15. The van der Waals surface area contributed by atoms with Gasteiger partial charge >= 0.3 is 0 Å². The van der Waals surface area contributed by atoms with Crippen molar-refractivity contribution in [2.45, 2.75) is 31.1 Å². The SMILES string of the molecule is COc1ccc(C)cc1S(=O)(=O)N1CCc2cc(N3CCCC3)ccc21. The number of ether oxygens (including phenoxy) is 1. The Morgan fingerprint density at radius 2 is 1.77 bits per heavy atom. The Balaban J connectivity index is 1.71. The predicted molar refractivity (Wildman–Crippen MR) is 104 cm³/mol. The van der Waals surface area contributed by atoms with Gasteiger partial charge in [-0.3, -0.25) is 4.31 Å². The lowest BCUT2D eigenvalue weighted by atomic mass is 10.1. The summed E-state index contributed by atoms with van der Waals surface area (Å²) < 4.78 is 33.4. The first kappa shape index (κ1) is 17.2. The summed E-state index contributed by atoms with van der Waals surface area (Å²) >= 11 is 0. The van der Waals surface area contributed by atoms with Crippen LogP contribution in [0, 0.1) is 6.92 Å². The Labute approximate surface area is 155 Å². The molecule has 0 unspecified atom stereocenters. The fourth-order valence-electron chi connectivity index (χ4n) is 3.88. The van der Waals surface area contributed by atoms with Gasteiger partial charge in [-0.1, -0.05) is 6.07 Å². The summed E-state index contributed by atoms with van der Waals surface area (Å²) in [5, 5.41) is 0. The van der Waals surface area contributed by atoms with E-state index in [1.54, 1.807) is 12.1 Å². The minimum atomic E-state index is -3.65. The summed E-state index contributed by atoms with van der Waals surface area (Å²) in [5.41, 5.74) is 3.99. The number of hydrogen-bond acceptors (Lipinski definition) is 4. The third-order valence-corrected chi connectivity index (χ3v) is 7.11. The van der Waals surface area contributed by atoms with Crippen molar-refractivity contribution in [1.29, 1.82) is 0 Å². The molecule has 0 spiro atoms. The van der Waals surface area contributed by atoms with Gasteiger partial charge in [0.25, 0.3) is 10.0 Å². The standard InChI is InChI=1S/C20H24N2O3S/c1-15-5-8-19(25-2)20(13-15)26(23,24)22-12-9-16-14-17(6-7-18(16)22)21-10-3-4-11-21/h5-8,13-14H,3-4,9-12H2,1-2H3. The van der Waals surface area contributed by atoms with E-state index in [4.69, 9.17) is 4.74 Å². The average molecular weight is 372 g/mol. The summed E-state index contributed by atoms with van der Waals surface area (Å²) in [6.45, 7) is 4.53. The summed E-state index contributed by atoms with van der Waals surface area (Å²) in [6, 6.07) is 11.4. The van der Waals surface area contributed by atoms with Crippen LogP contribution >= 0.6 is 0 Å². The van der Waals surface area contributed by atoms with E-state index in [0.717, 1.165) is 36.3 Å². The maximum Gasteiger partial charge on any atom is 0.268 e. The lowest BCUT2D eigenvalue weighted by molar-refractivity contribution is 0.402. The second-order valence-corrected chi connectivity index (χ2v) is 8.82. The Kier molecular flexibility index (Phi) is 4.31. The van der Waals surface area contributed by atoms with Gasteiger partial charge in [0, 0.05) is 25.3 Å². The van der Waals surface area contributed by atoms with Gasteiger partial charge in [-0.15, -0.1) is 0 Å². The van der Waals surface area contributed by atoms with E-state index >= 15 is 0 Å². The highest BCUT2D eigenvalue weighted by Gasteiger charge is 2.33. The number of hydrogen-bond donors (Lipinski definition) is 0. The number of anilines is 2. The molecule has 2 aromatic rings. The van der Waals surface area contributed by atoms with Crippen LogP contribution in [0.5, 0.6) is 5.75 Å². The van der Waals surface area contributed by atoms with Gasteiger partial charge in [0.2, 0.25) is 0 Å². The molecule has 2 aromatic carbocycles. The molecule has 2 aliphatic heterocycles. The third kappa shape index (κ3) is 2.82. The fraction of sp³-hybridized carbons (Fsp3) is 0.400. The molecule has 0 bridgehead atoms. The monoisotopic (exact) mass is 372 g/mol. The number of rotatable bonds is 4. The molecule has 0 N–H and O–H groups in total. The third-order valence-electron chi connectivity index (χ3n) is 5.27. The van der Waals surface area contributed by atoms with E-state index in [-0.39, 0.29) is 4.90 Å². The quantitative estimate of drug-likeness (QED) is 0.826. The minimum Gasteiger partial charge on any atom is -0.495 e. The number of nitrogens with zero attached hydrogens (tertiary/aromatic N) is 2. The molecular formula is C20H24N2O3S. The first-order chi connectivity index (χ1) is 12.5. The van der Waals surface area contributed by atoms with Crippen LogP contribution in [0.4, 0.5) is 11.4 Å². The van der Waals surface area contributed by atoms with Crippen LogP contribution in [0.15, 0.2) is 41.3 Å². The summed E-state index contributed by atoms with van der Waals surface area (Å²) in [6.07, 6.45) is 3.19. The largest absolute Gasteiger partial charge is 0.495 e. The van der Waals surface area contributed by atoms with Gasteiger partial charge in [0.15, 0.2) is 0 Å². The number of aryl methyl sites for hydroxylation is 1. The zero-order valence-corrected chi connectivity index (χ0v) is 16.1.